The predicted octanol–water partition coefficient (Wildman–Crippen LogP) is 3.81. The molecule has 3 heteroatoms. The Bertz CT molecular complexity index is 436. The van der Waals surface area contributed by atoms with Crippen molar-refractivity contribution in [3.05, 3.63) is 30.1 Å². The minimum absolute atomic E-state index is 0. The number of hydrogen-bond donors (Lipinski definition) is 1. The Hall–Kier alpha value is -0.600. The Morgan fingerprint density at radius 2 is 1.95 bits per heavy atom. The molecule has 2 nitrogen and oxygen atoms in total. The maximum Gasteiger partial charge on any atom is 0.0312 e. The van der Waals surface area contributed by atoms with E-state index in [2.05, 4.69) is 16.4 Å². The van der Waals surface area contributed by atoms with Crippen molar-refractivity contribution in [2.45, 2.75) is 51.1 Å². The van der Waals surface area contributed by atoms with Gasteiger partial charge in [-0.25, -0.2) is 0 Å². The summed E-state index contributed by atoms with van der Waals surface area (Å²) < 4.78 is 0. The Labute approximate surface area is 128 Å². The molecular weight excluding hydrogens is 268 g/mol. The molecule has 1 aromatic rings. The molecule has 2 bridgehead atoms. The lowest BCUT2D eigenvalue weighted by Crippen LogP contribution is -2.41. The van der Waals surface area contributed by atoms with Crippen LogP contribution >= 0.6 is 12.4 Å². The van der Waals surface area contributed by atoms with Crippen molar-refractivity contribution in [1.82, 2.24) is 10.3 Å². The van der Waals surface area contributed by atoms with Crippen molar-refractivity contribution in [3.8, 4) is 0 Å². The number of pyridine rings is 1. The highest BCUT2D eigenvalue weighted by atomic mass is 35.5. The molecule has 3 aliphatic rings. The van der Waals surface area contributed by atoms with Crippen molar-refractivity contribution >= 4 is 12.4 Å². The molecular formula is C17H25ClN2. The molecule has 0 saturated heterocycles. The summed E-state index contributed by atoms with van der Waals surface area (Å²) in [5.41, 5.74) is 1.32. The van der Waals surface area contributed by atoms with Crippen molar-refractivity contribution in [2.75, 3.05) is 0 Å². The molecule has 0 amide bonds. The van der Waals surface area contributed by atoms with Gasteiger partial charge < -0.3 is 5.32 Å². The van der Waals surface area contributed by atoms with E-state index in [4.69, 9.17) is 0 Å². The molecule has 3 aliphatic carbocycles. The van der Waals surface area contributed by atoms with E-state index in [1.54, 1.807) is 0 Å². The molecule has 1 aromatic heterocycles. The maximum absolute atomic E-state index is 4.20. The van der Waals surface area contributed by atoms with Crippen LogP contribution in [0.15, 0.2) is 24.5 Å². The van der Waals surface area contributed by atoms with Gasteiger partial charge in [0.25, 0.3) is 0 Å². The Kier molecular flexibility index (Phi) is 4.32. The molecule has 0 aliphatic heterocycles. The molecule has 5 atom stereocenters. The lowest BCUT2D eigenvalue weighted by atomic mass is 9.69. The second-order valence-electron chi connectivity index (χ2n) is 6.86. The van der Waals surface area contributed by atoms with Crippen LogP contribution in [0.2, 0.25) is 0 Å². The monoisotopic (exact) mass is 292 g/mol. The van der Waals surface area contributed by atoms with Crippen molar-refractivity contribution in [3.63, 3.8) is 0 Å². The van der Waals surface area contributed by atoms with E-state index in [1.807, 2.05) is 18.5 Å². The summed E-state index contributed by atoms with van der Waals surface area (Å²) in [4.78, 5) is 4.20. The van der Waals surface area contributed by atoms with Gasteiger partial charge in [-0.1, -0.05) is 18.9 Å². The Balaban J connectivity index is 0.00000121. The lowest BCUT2D eigenvalue weighted by Gasteiger charge is -2.39. The molecule has 4 rings (SSSR count). The summed E-state index contributed by atoms with van der Waals surface area (Å²) in [7, 11) is 0. The van der Waals surface area contributed by atoms with Gasteiger partial charge in [-0.15, -0.1) is 12.4 Å². The highest BCUT2D eigenvalue weighted by Gasteiger charge is 2.52. The van der Waals surface area contributed by atoms with Crippen molar-refractivity contribution < 1.29 is 0 Å². The number of halogens is 1. The van der Waals surface area contributed by atoms with Crippen LogP contribution in [-0.4, -0.2) is 11.0 Å². The largest absolute Gasteiger partial charge is 0.310 e. The van der Waals surface area contributed by atoms with Crippen LogP contribution in [0.4, 0.5) is 0 Å². The summed E-state index contributed by atoms with van der Waals surface area (Å²) in [5.74, 6) is 4.17. The number of hydrogen-bond acceptors (Lipinski definition) is 2. The number of fused-ring (bicyclic) bond motifs is 5. The first kappa shape index (κ1) is 14.3. The molecule has 0 spiro atoms. The molecule has 1 N–H and O–H groups in total. The summed E-state index contributed by atoms with van der Waals surface area (Å²) in [5, 5.41) is 3.82. The second-order valence-corrected chi connectivity index (χ2v) is 6.86. The van der Waals surface area contributed by atoms with E-state index in [0.29, 0.717) is 0 Å². The summed E-state index contributed by atoms with van der Waals surface area (Å²) in [6.45, 7) is 0.999. The minimum atomic E-state index is 0. The zero-order chi connectivity index (χ0) is 12.7. The fourth-order valence-corrected chi connectivity index (χ4v) is 5.23. The van der Waals surface area contributed by atoms with E-state index in [-0.39, 0.29) is 12.4 Å². The fraction of sp³-hybridized carbons (Fsp3) is 0.706. The van der Waals surface area contributed by atoms with Crippen molar-refractivity contribution in [2.24, 2.45) is 23.7 Å². The van der Waals surface area contributed by atoms with Crippen LogP contribution in [0.5, 0.6) is 0 Å². The first-order valence-corrected chi connectivity index (χ1v) is 8.04. The van der Waals surface area contributed by atoms with E-state index in [0.717, 1.165) is 36.3 Å². The van der Waals surface area contributed by atoms with Gasteiger partial charge in [-0.2, -0.15) is 0 Å². The maximum atomic E-state index is 4.20. The number of nitrogens with zero attached hydrogens (tertiary/aromatic N) is 1. The van der Waals surface area contributed by atoms with Gasteiger partial charge in [0, 0.05) is 25.0 Å². The molecule has 110 valence electrons. The van der Waals surface area contributed by atoms with Gasteiger partial charge in [0.1, 0.15) is 0 Å². The number of aromatic nitrogens is 1. The van der Waals surface area contributed by atoms with Gasteiger partial charge >= 0.3 is 0 Å². The summed E-state index contributed by atoms with van der Waals surface area (Å²) in [6.07, 6.45) is 12.8. The average molecular weight is 293 g/mol. The first-order valence-electron chi connectivity index (χ1n) is 8.04. The Morgan fingerprint density at radius 3 is 2.75 bits per heavy atom. The van der Waals surface area contributed by atoms with Crippen LogP contribution in [0.3, 0.4) is 0 Å². The zero-order valence-corrected chi connectivity index (χ0v) is 12.8. The molecule has 0 radical (unpaired) electrons. The third-order valence-electron chi connectivity index (χ3n) is 5.97. The quantitative estimate of drug-likeness (QED) is 0.916. The van der Waals surface area contributed by atoms with Crippen LogP contribution in [0.1, 0.15) is 44.1 Å². The smallest absolute Gasteiger partial charge is 0.0312 e. The average Bonchev–Trinajstić information content (AvgIpc) is 3.05. The van der Waals surface area contributed by atoms with Gasteiger partial charge in [-0.05, 0) is 61.0 Å². The predicted molar refractivity (Wildman–Crippen MR) is 83.8 cm³/mol. The van der Waals surface area contributed by atoms with Crippen LogP contribution in [0.25, 0.3) is 0 Å². The van der Waals surface area contributed by atoms with E-state index < -0.39 is 0 Å². The van der Waals surface area contributed by atoms with E-state index in [1.165, 1.54) is 44.1 Å². The fourth-order valence-electron chi connectivity index (χ4n) is 5.23. The van der Waals surface area contributed by atoms with Gasteiger partial charge in [-0.3, -0.25) is 4.98 Å². The third-order valence-corrected chi connectivity index (χ3v) is 5.97. The highest BCUT2D eigenvalue weighted by molar-refractivity contribution is 5.85. The second kappa shape index (κ2) is 6.03. The van der Waals surface area contributed by atoms with Gasteiger partial charge in [0.05, 0.1) is 0 Å². The number of rotatable bonds is 3. The molecule has 5 unspecified atom stereocenters. The van der Waals surface area contributed by atoms with Gasteiger partial charge in [0.15, 0.2) is 0 Å². The lowest BCUT2D eigenvalue weighted by molar-refractivity contribution is 0.129. The van der Waals surface area contributed by atoms with Gasteiger partial charge in [0.2, 0.25) is 0 Å². The van der Waals surface area contributed by atoms with E-state index in [9.17, 15) is 0 Å². The molecule has 20 heavy (non-hydrogen) atoms. The minimum Gasteiger partial charge on any atom is -0.310 e. The van der Waals surface area contributed by atoms with Crippen LogP contribution in [-0.2, 0) is 6.54 Å². The highest BCUT2D eigenvalue weighted by Crippen LogP contribution is 2.57. The zero-order valence-electron chi connectivity index (χ0n) is 12.0. The standard InChI is InChI=1S/C17H24N2.ClH/c1-2-6-15-14(5-1)13-8-16(15)17(9-13)19-11-12-4-3-7-18-10-12;/h3-4,7,10,13-17,19H,1-2,5-6,8-9,11H2;1H. The normalized spacial score (nSPS) is 38.3. The molecule has 3 fully saturated rings. The number of nitrogens with one attached hydrogen (secondary N) is 1. The molecule has 0 aromatic carbocycles. The first-order chi connectivity index (χ1) is 9.42. The SMILES string of the molecule is Cl.c1cncc(CNC2CC3CC2C2CCCCC32)c1. The Morgan fingerprint density at radius 1 is 1.10 bits per heavy atom. The summed E-state index contributed by atoms with van der Waals surface area (Å²) >= 11 is 0. The molecule has 1 heterocycles. The van der Waals surface area contributed by atoms with Crippen molar-refractivity contribution in [1.29, 1.82) is 0 Å². The van der Waals surface area contributed by atoms with E-state index >= 15 is 0 Å². The third kappa shape index (κ3) is 2.48. The molecule has 3 saturated carbocycles. The topological polar surface area (TPSA) is 24.9 Å². The van der Waals surface area contributed by atoms with Crippen LogP contribution < -0.4 is 5.32 Å². The van der Waals surface area contributed by atoms with Crippen LogP contribution in [0, 0.1) is 23.7 Å². The summed E-state index contributed by atoms with van der Waals surface area (Å²) in [6, 6.07) is 5.00.